The molecule has 3 rings (SSSR count). The zero-order valence-electron chi connectivity index (χ0n) is 9.77. The summed E-state index contributed by atoms with van der Waals surface area (Å²) in [4.78, 5) is 12.3. The molecule has 19 heavy (non-hydrogen) atoms. The van der Waals surface area contributed by atoms with Gasteiger partial charge in [-0.1, -0.05) is 0 Å². The van der Waals surface area contributed by atoms with Crippen molar-refractivity contribution in [2.45, 2.75) is 24.9 Å². The first kappa shape index (κ1) is 12.7. The van der Waals surface area contributed by atoms with Gasteiger partial charge in [-0.15, -0.1) is 0 Å². The molecule has 4 N–H and O–H groups in total. The highest BCUT2D eigenvalue weighted by molar-refractivity contribution is 9.10. The summed E-state index contributed by atoms with van der Waals surface area (Å²) >= 11 is 3.32. The number of hydrogen-bond donors (Lipinski definition) is 3. The number of hydrogen-bond acceptors (Lipinski definition) is 7. The predicted molar refractivity (Wildman–Crippen MR) is 69.1 cm³/mol. The molecule has 0 unspecified atom stereocenters. The lowest BCUT2D eigenvalue weighted by Gasteiger charge is -2.14. The van der Waals surface area contributed by atoms with Crippen LogP contribution in [-0.4, -0.2) is 48.5 Å². The number of nitrogens with two attached hydrogens (primary N) is 1. The predicted octanol–water partition coefficient (Wildman–Crippen LogP) is -0.188. The van der Waals surface area contributed by atoms with Crippen LogP contribution in [0, 0.1) is 0 Å². The van der Waals surface area contributed by atoms with E-state index < -0.39 is 18.4 Å². The average molecular weight is 330 g/mol. The summed E-state index contributed by atoms with van der Waals surface area (Å²) in [5, 5.41) is 18.9. The van der Waals surface area contributed by atoms with Crippen LogP contribution < -0.4 is 5.73 Å². The van der Waals surface area contributed by atoms with Crippen LogP contribution >= 0.6 is 15.9 Å². The van der Waals surface area contributed by atoms with Crippen molar-refractivity contribution in [2.75, 3.05) is 12.3 Å². The molecule has 3 atom stereocenters. The molecule has 9 heteroatoms. The van der Waals surface area contributed by atoms with E-state index in [-0.39, 0.29) is 12.4 Å². The summed E-state index contributed by atoms with van der Waals surface area (Å²) in [6.07, 6.45) is -0.0935. The minimum atomic E-state index is -0.724. The van der Waals surface area contributed by atoms with E-state index in [9.17, 15) is 5.11 Å². The molecule has 102 valence electrons. The molecule has 0 amide bonds. The maximum atomic E-state index is 9.78. The van der Waals surface area contributed by atoms with Crippen LogP contribution in [0.4, 0.5) is 5.82 Å². The van der Waals surface area contributed by atoms with Gasteiger partial charge in [0, 0.05) is 6.42 Å². The maximum Gasteiger partial charge on any atom is 0.181 e. The standard InChI is InChI=1S/C10H12BrN5O3/c11-10-15-7-8(12)13-3-14-9(7)16(10)6-1-4(18)5(2-17)19-6/h3-6,17-18H,1-2H2,(H2,12,13,14)/t4-,5+,6+/m0/s1. The van der Waals surface area contributed by atoms with Crippen molar-refractivity contribution in [3.63, 3.8) is 0 Å². The lowest BCUT2D eigenvalue weighted by molar-refractivity contribution is -0.0439. The van der Waals surface area contributed by atoms with Crippen LogP contribution in [0.5, 0.6) is 0 Å². The fraction of sp³-hybridized carbons (Fsp3) is 0.500. The topological polar surface area (TPSA) is 119 Å². The molecule has 1 saturated heterocycles. The van der Waals surface area contributed by atoms with Crippen molar-refractivity contribution in [3.05, 3.63) is 11.1 Å². The Balaban J connectivity index is 2.06. The van der Waals surface area contributed by atoms with Crippen LogP contribution in [0.15, 0.2) is 11.1 Å². The largest absolute Gasteiger partial charge is 0.394 e. The molecule has 0 radical (unpaired) electrons. The Morgan fingerprint density at radius 2 is 2.32 bits per heavy atom. The number of nitrogens with zero attached hydrogens (tertiary/aromatic N) is 4. The van der Waals surface area contributed by atoms with Gasteiger partial charge in [-0.2, -0.15) is 0 Å². The Morgan fingerprint density at radius 3 is 3.00 bits per heavy atom. The Hall–Kier alpha value is -1.29. The third kappa shape index (κ3) is 1.98. The second kappa shape index (κ2) is 4.67. The van der Waals surface area contributed by atoms with Gasteiger partial charge < -0.3 is 20.7 Å². The normalized spacial score (nSPS) is 27.2. The van der Waals surface area contributed by atoms with Gasteiger partial charge in [0.15, 0.2) is 21.7 Å². The molecule has 0 saturated carbocycles. The van der Waals surface area contributed by atoms with Gasteiger partial charge in [-0.05, 0) is 15.9 Å². The van der Waals surface area contributed by atoms with E-state index in [0.29, 0.717) is 22.3 Å². The van der Waals surface area contributed by atoms with E-state index in [4.69, 9.17) is 15.6 Å². The monoisotopic (exact) mass is 329 g/mol. The number of halogens is 1. The molecule has 0 spiro atoms. The lowest BCUT2D eigenvalue weighted by Crippen LogP contribution is -2.24. The highest BCUT2D eigenvalue weighted by Gasteiger charge is 2.36. The number of fused-ring (bicyclic) bond motifs is 1. The summed E-state index contributed by atoms with van der Waals surface area (Å²) in [5.41, 5.74) is 6.74. The Labute approximate surface area is 116 Å². The van der Waals surface area contributed by atoms with Gasteiger partial charge in [0.2, 0.25) is 0 Å². The summed E-state index contributed by atoms with van der Waals surface area (Å²) in [7, 11) is 0. The first-order valence-corrected chi connectivity index (χ1v) is 6.49. The Morgan fingerprint density at radius 1 is 1.53 bits per heavy atom. The quantitative estimate of drug-likeness (QED) is 0.653. The molecule has 0 bridgehead atoms. The molecule has 3 heterocycles. The smallest absolute Gasteiger partial charge is 0.181 e. The van der Waals surface area contributed by atoms with E-state index in [1.807, 2.05) is 0 Å². The van der Waals surface area contributed by atoms with E-state index in [1.54, 1.807) is 4.57 Å². The van der Waals surface area contributed by atoms with Crippen molar-refractivity contribution >= 4 is 32.9 Å². The lowest BCUT2D eigenvalue weighted by atomic mass is 10.2. The minimum Gasteiger partial charge on any atom is -0.394 e. The molecule has 1 aliphatic rings. The van der Waals surface area contributed by atoms with Crippen molar-refractivity contribution < 1.29 is 14.9 Å². The first-order valence-electron chi connectivity index (χ1n) is 5.70. The number of ether oxygens (including phenoxy) is 1. The first-order chi connectivity index (χ1) is 9.11. The zero-order valence-corrected chi connectivity index (χ0v) is 11.4. The third-order valence-corrected chi connectivity index (χ3v) is 3.69. The van der Waals surface area contributed by atoms with Crippen LogP contribution in [0.25, 0.3) is 11.2 Å². The van der Waals surface area contributed by atoms with E-state index >= 15 is 0 Å². The third-order valence-electron chi connectivity index (χ3n) is 3.13. The maximum absolute atomic E-state index is 9.78. The Kier molecular flexibility index (Phi) is 3.13. The number of aliphatic hydroxyl groups is 2. The summed E-state index contributed by atoms with van der Waals surface area (Å²) < 4.78 is 7.77. The van der Waals surface area contributed by atoms with Crippen LogP contribution in [-0.2, 0) is 4.74 Å². The molecule has 1 fully saturated rings. The average Bonchev–Trinajstić information content (AvgIpc) is 2.90. The van der Waals surface area contributed by atoms with Crippen molar-refractivity contribution in [1.29, 1.82) is 0 Å². The van der Waals surface area contributed by atoms with Crippen molar-refractivity contribution in [1.82, 2.24) is 19.5 Å². The number of aliphatic hydroxyl groups excluding tert-OH is 2. The Bertz CT molecular complexity index is 618. The zero-order chi connectivity index (χ0) is 13.6. The van der Waals surface area contributed by atoms with E-state index in [1.165, 1.54) is 6.33 Å². The van der Waals surface area contributed by atoms with Gasteiger partial charge in [-0.3, -0.25) is 4.57 Å². The van der Waals surface area contributed by atoms with E-state index in [2.05, 4.69) is 30.9 Å². The fourth-order valence-corrected chi connectivity index (χ4v) is 2.77. The number of anilines is 1. The minimum absolute atomic E-state index is 0.237. The van der Waals surface area contributed by atoms with Gasteiger partial charge >= 0.3 is 0 Å². The van der Waals surface area contributed by atoms with Crippen LogP contribution in [0.2, 0.25) is 0 Å². The van der Waals surface area contributed by atoms with Gasteiger partial charge in [0.25, 0.3) is 0 Å². The molecular formula is C10H12BrN5O3. The number of aromatic nitrogens is 4. The van der Waals surface area contributed by atoms with Crippen LogP contribution in [0.1, 0.15) is 12.6 Å². The molecule has 1 aliphatic heterocycles. The highest BCUT2D eigenvalue weighted by Crippen LogP contribution is 2.34. The second-order valence-corrected chi connectivity index (χ2v) is 5.01. The molecule has 0 aliphatic carbocycles. The number of imidazole rings is 1. The van der Waals surface area contributed by atoms with Crippen LogP contribution in [0.3, 0.4) is 0 Å². The van der Waals surface area contributed by atoms with Gasteiger partial charge in [0.1, 0.15) is 18.7 Å². The summed E-state index contributed by atoms with van der Waals surface area (Å²) in [6.45, 7) is -0.237. The number of rotatable bonds is 2. The van der Waals surface area contributed by atoms with Crippen molar-refractivity contribution in [2.24, 2.45) is 0 Å². The molecule has 8 nitrogen and oxygen atoms in total. The molecule has 2 aromatic rings. The fourth-order valence-electron chi connectivity index (χ4n) is 2.19. The van der Waals surface area contributed by atoms with E-state index in [0.717, 1.165) is 0 Å². The van der Waals surface area contributed by atoms with Crippen molar-refractivity contribution in [3.8, 4) is 0 Å². The molecular weight excluding hydrogens is 318 g/mol. The van der Waals surface area contributed by atoms with Gasteiger partial charge in [-0.25, -0.2) is 15.0 Å². The number of nitrogen functional groups attached to an aromatic ring is 1. The summed E-state index contributed by atoms with van der Waals surface area (Å²) in [5.74, 6) is 0.279. The highest BCUT2D eigenvalue weighted by atomic mass is 79.9. The molecule has 0 aromatic carbocycles. The molecule has 2 aromatic heterocycles. The summed E-state index contributed by atoms with van der Waals surface area (Å²) in [6, 6.07) is 0. The van der Waals surface area contributed by atoms with Gasteiger partial charge in [0.05, 0.1) is 12.7 Å². The second-order valence-electron chi connectivity index (χ2n) is 4.30. The SMILES string of the molecule is Nc1ncnc2c1nc(Br)n2[C@H]1C[C@H](O)[C@@H](CO)O1.